The molecule has 0 aliphatic heterocycles. The lowest BCUT2D eigenvalue weighted by molar-refractivity contribution is 0.0789. The maximum atomic E-state index is 12.2. The van der Waals surface area contributed by atoms with Gasteiger partial charge in [-0.25, -0.2) is 0 Å². The molecule has 0 saturated carbocycles. The van der Waals surface area contributed by atoms with Crippen molar-refractivity contribution in [1.82, 2.24) is 9.88 Å². The van der Waals surface area contributed by atoms with Gasteiger partial charge in [-0.3, -0.25) is 9.59 Å². The zero-order valence-electron chi connectivity index (χ0n) is 11.5. The molecule has 1 aromatic carbocycles. The number of aromatic amines is 1. The first-order valence-corrected chi connectivity index (χ1v) is 7.43. The van der Waals surface area contributed by atoms with E-state index in [2.05, 4.69) is 4.98 Å². The van der Waals surface area contributed by atoms with Crippen LogP contribution in [0.5, 0.6) is 0 Å². The monoisotopic (exact) mass is 298 g/mol. The Bertz CT molecular complexity index is 837. The molecule has 3 aromatic rings. The van der Waals surface area contributed by atoms with Gasteiger partial charge >= 0.3 is 0 Å². The van der Waals surface area contributed by atoms with Crippen LogP contribution in [0.4, 0.5) is 0 Å². The van der Waals surface area contributed by atoms with Crippen molar-refractivity contribution >= 4 is 28.1 Å². The van der Waals surface area contributed by atoms with E-state index in [-0.39, 0.29) is 18.0 Å². The van der Waals surface area contributed by atoms with Gasteiger partial charge in [-0.05, 0) is 29.0 Å². The summed E-state index contributed by atoms with van der Waals surface area (Å²) in [6.07, 6.45) is 0. The van der Waals surface area contributed by atoms with Crippen molar-refractivity contribution in [3.8, 4) is 0 Å². The summed E-state index contributed by atoms with van der Waals surface area (Å²) in [7, 11) is 1.71. The second-order valence-electron chi connectivity index (χ2n) is 4.85. The number of hydrogen-bond acceptors (Lipinski definition) is 3. The normalized spacial score (nSPS) is 10.7. The summed E-state index contributed by atoms with van der Waals surface area (Å²) < 4.78 is 0. The van der Waals surface area contributed by atoms with Crippen LogP contribution >= 0.6 is 11.3 Å². The molecule has 0 atom stereocenters. The summed E-state index contributed by atoms with van der Waals surface area (Å²) in [5.41, 5.74) is 1.24. The van der Waals surface area contributed by atoms with E-state index in [1.54, 1.807) is 18.0 Å². The molecule has 106 valence electrons. The highest BCUT2D eigenvalue weighted by atomic mass is 32.1. The van der Waals surface area contributed by atoms with E-state index in [1.807, 2.05) is 41.8 Å². The Morgan fingerprint density at radius 3 is 2.81 bits per heavy atom. The number of fused-ring (bicyclic) bond motifs is 1. The average molecular weight is 298 g/mol. The lowest BCUT2D eigenvalue weighted by Gasteiger charge is -2.16. The van der Waals surface area contributed by atoms with E-state index < -0.39 is 0 Å². The second kappa shape index (κ2) is 5.54. The van der Waals surface area contributed by atoms with Crippen LogP contribution in [-0.2, 0) is 6.54 Å². The minimum atomic E-state index is -0.153. The van der Waals surface area contributed by atoms with E-state index in [4.69, 9.17) is 0 Å². The molecule has 0 spiro atoms. The zero-order valence-corrected chi connectivity index (χ0v) is 12.3. The van der Waals surface area contributed by atoms with Crippen LogP contribution in [0.2, 0.25) is 0 Å². The molecule has 0 aliphatic carbocycles. The SMILES string of the molecule is CN(Cc1cc2ccccc2[nH]c1=O)C(=O)c1cccs1. The third-order valence-corrected chi connectivity index (χ3v) is 4.17. The van der Waals surface area contributed by atoms with Gasteiger partial charge < -0.3 is 9.88 Å². The molecule has 0 fully saturated rings. The number of H-pyrrole nitrogens is 1. The van der Waals surface area contributed by atoms with Crippen molar-refractivity contribution in [3.63, 3.8) is 0 Å². The maximum absolute atomic E-state index is 12.2. The summed E-state index contributed by atoms with van der Waals surface area (Å²) in [6, 6.07) is 13.1. The van der Waals surface area contributed by atoms with Crippen molar-refractivity contribution in [1.29, 1.82) is 0 Å². The van der Waals surface area contributed by atoms with Crippen LogP contribution in [-0.4, -0.2) is 22.8 Å². The number of benzene rings is 1. The van der Waals surface area contributed by atoms with Crippen molar-refractivity contribution in [3.05, 3.63) is 68.6 Å². The lowest BCUT2D eigenvalue weighted by atomic mass is 10.1. The number of hydrogen-bond donors (Lipinski definition) is 1. The molecular formula is C16H14N2O2S. The Morgan fingerprint density at radius 2 is 2.05 bits per heavy atom. The molecule has 0 saturated heterocycles. The Kier molecular flexibility index (Phi) is 3.58. The predicted molar refractivity (Wildman–Crippen MR) is 84.7 cm³/mol. The number of nitrogens with zero attached hydrogens (tertiary/aromatic N) is 1. The van der Waals surface area contributed by atoms with E-state index >= 15 is 0 Å². The van der Waals surface area contributed by atoms with Crippen molar-refractivity contribution in [2.24, 2.45) is 0 Å². The molecule has 0 unspecified atom stereocenters. The summed E-state index contributed by atoms with van der Waals surface area (Å²) >= 11 is 1.40. The van der Waals surface area contributed by atoms with Gasteiger partial charge in [0.2, 0.25) is 0 Å². The van der Waals surface area contributed by atoms with E-state index in [0.29, 0.717) is 10.4 Å². The molecule has 21 heavy (non-hydrogen) atoms. The molecule has 4 nitrogen and oxygen atoms in total. The smallest absolute Gasteiger partial charge is 0.263 e. The molecule has 2 heterocycles. The number of aromatic nitrogens is 1. The first-order valence-electron chi connectivity index (χ1n) is 6.55. The number of thiophene rings is 1. The molecule has 5 heteroatoms. The molecule has 0 bridgehead atoms. The van der Waals surface area contributed by atoms with E-state index in [1.165, 1.54) is 11.3 Å². The van der Waals surface area contributed by atoms with Crippen molar-refractivity contribution in [2.45, 2.75) is 6.54 Å². The first-order chi connectivity index (χ1) is 10.1. The van der Waals surface area contributed by atoms with Crippen molar-refractivity contribution < 1.29 is 4.79 Å². The summed E-state index contributed by atoms with van der Waals surface area (Å²) in [5.74, 6) is -0.0717. The Hall–Kier alpha value is -2.40. The number of carbonyl (C=O) groups excluding carboxylic acids is 1. The fourth-order valence-corrected chi connectivity index (χ4v) is 2.94. The van der Waals surface area contributed by atoms with Gasteiger partial charge in [-0.2, -0.15) is 0 Å². The fraction of sp³-hybridized carbons (Fsp3) is 0.125. The summed E-state index contributed by atoms with van der Waals surface area (Å²) in [4.78, 5) is 29.4. The van der Waals surface area contributed by atoms with Crippen LogP contribution in [0.15, 0.2) is 52.6 Å². The van der Waals surface area contributed by atoms with Crippen LogP contribution in [0.1, 0.15) is 15.2 Å². The number of nitrogens with one attached hydrogen (secondary N) is 1. The molecule has 2 aromatic heterocycles. The molecule has 0 aliphatic rings. The molecule has 1 amide bonds. The third kappa shape index (κ3) is 2.73. The summed E-state index contributed by atoms with van der Waals surface area (Å²) in [5, 5.41) is 2.83. The quantitative estimate of drug-likeness (QED) is 0.808. The van der Waals surface area contributed by atoms with Crippen LogP contribution in [0, 0.1) is 0 Å². The van der Waals surface area contributed by atoms with Crippen LogP contribution in [0.3, 0.4) is 0 Å². The zero-order chi connectivity index (χ0) is 14.8. The molecule has 3 rings (SSSR count). The van der Waals surface area contributed by atoms with Crippen LogP contribution < -0.4 is 5.56 Å². The number of amides is 1. The topological polar surface area (TPSA) is 53.2 Å². The molecule has 1 N–H and O–H groups in total. The lowest BCUT2D eigenvalue weighted by Crippen LogP contribution is -2.28. The standard InChI is InChI=1S/C16H14N2O2S/c1-18(16(20)14-7-4-8-21-14)10-12-9-11-5-2-3-6-13(11)17-15(12)19/h2-9H,10H2,1H3,(H,17,19). The molecular weight excluding hydrogens is 284 g/mol. The number of carbonyl (C=O) groups is 1. The van der Waals surface area contributed by atoms with Gasteiger partial charge in [0.1, 0.15) is 0 Å². The molecule has 0 radical (unpaired) electrons. The van der Waals surface area contributed by atoms with Gasteiger partial charge in [0.25, 0.3) is 11.5 Å². The van der Waals surface area contributed by atoms with Crippen LogP contribution in [0.25, 0.3) is 10.9 Å². The largest absolute Gasteiger partial charge is 0.336 e. The van der Waals surface area contributed by atoms with Gasteiger partial charge in [-0.1, -0.05) is 24.3 Å². The number of rotatable bonds is 3. The highest BCUT2D eigenvalue weighted by Crippen LogP contribution is 2.14. The van der Waals surface area contributed by atoms with Gasteiger partial charge in [-0.15, -0.1) is 11.3 Å². The Morgan fingerprint density at radius 1 is 1.24 bits per heavy atom. The minimum absolute atomic E-state index is 0.0717. The van der Waals surface area contributed by atoms with E-state index in [0.717, 1.165) is 10.9 Å². The highest BCUT2D eigenvalue weighted by Gasteiger charge is 2.14. The Labute approximate surface area is 125 Å². The van der Waals surface area contributed by atoms with E-state index in [9.17, 15) is 9.59 Å². The highest BCUT2D eigenvalue weighted by molar-refractivity contribution is 7.12. The Balaban J connectivity index is 1.89. The fourth-order valence-electron chi connectivity index (χ4n) is 2.23. The first kappa shape index (κ1) is 13.6. The van der Waals surface area contributed by atoms with Gasteiger partial charge in [0.05, 0.1) is 11.4 Å². The van der Waals surface area contributed by atoms with Crippen molar-refractivity contribution in [2.75, 3.05) is 7.05 Å². The third-order valence-electron chi connectivity index (χ3n) is 3.32. The minimum Gasteiger partial charge on any atom is -0.336 e. The second-order valence-corrected chi connectivity index (χ2v) is 5.80. The van der Waals surface area contributed by atoms with Gasteiger partial charge in [0, 0.05) is 18.1 Å². The van der Waals surface area contributed by atoms with Gasteiger partial charge in [0.15, 0.2) is 0 Å². The maximum Gasteiger partial charge on any atom is 0.263 e. The average Bonchev–Trinajstić information content (AvgIpc) is 3.01. The number of pyridine rings is 1. The predicted octanol–water partition coefficient (Wildman–Crippen LogP) is 2.86. The number of para-hydroxylation sites is 1. The summed E-state index contributed by atoms with van der Waals surface area (Å²) in [6.45, 7) is 0.289.